The largest absolute Gasteiger partial charge is 0.497 e. The van der Waals surface area contributed by atoms with Crippen molar-refractivity contribution in [3.8, 4) is 17.1 Å². The second kappa shape index (κ2) is 5.13. The number of ether oxygens (including phenoxy) is 1. The summed E-state index contributed by atoms with van der Waals surface area (Å²) in [5, 5.41) is 0.525. The molecule has 0 amide bonds. The van der Waals surface area contributed by atoms with Gasteiger partial charge in [0.05, 0.1) is 12.5 Å². The lowest BCUT2D eigenvalue weighted by Crippen LogP contribution is -2.04. The maximum atomic E-state index is 12.4. The SMILES string of the molecule is COc1ccc2c(=O)c(Br)c(-c3ccccc3)oc2c1. The molecule has 1 aromatic heterocycles. The third kappa shape index (κ3) is 2.12. The Bertz CT molecular complexity index is 822. The molecule has 0 aliphatic heterocycles. The number of hydrogen-bond donors (Lipinski definition) is 0. The summed E-state index contributed by atoms with van der Waals surface area (Å²) in [5.41, 5.74) is 1.27. The smallest absolute Gasteiger partial charge is 0.207 e. The van der Waals surface area contributed by atoms with E-state index < -0.39 is 0 Å². The van der Waals surface area contributed by atoms with Crippen molar-refractivity contribution in [1.29, 1.82) is 0 Å². The molecule has 0 unspecified atom stereocenters. The van der Waals surface area contributed by atoms with Gasteiger partial charge in [0.15, 0.2) is 5.76 Å². The van der Waals surface area contributed by atoms with Gasteiger partial charge in [0.1, 0.15) is 15.8 Å². The Morgan fingerprint density at radius 2 is 1.85 bits per heavy atom. The van der Waals surface area contributed by atoms with Gasteiger partial charge in [-0.1, -0.05) is 30.3 Å². The number of halogens is 1. The third-order valence-electron chi connectivity index (χ3n) is 3.08. The normalized spacial score (nSPS) is 10.7. The van der Waals surface area contributed by atoms with Gasteiger partial charge in [-0.3, -0.25) is 4.79 Å². The molecule has 3 aromatic rings. The minimum Gasteiger partial charge on any atom is -0.497 e. The predicted octanol–water partition coefficient (Wildman–Crippen LogP) is 4.23. The molecule has 4 heteroatoms. The standard InChI is InChI=1S/C16H11BrO3/c1-19-11-7-8-12-13(9-11)20-16(14(17)15(12)18)10-5-3-2-4-6-10/h2-9H,1H3. The van der Waals surface area contributed by atoms with Crippen LogP contribution in [0.1, 0.15) is 0 Å². The van der Waals surface area contributed by atoms with Gasteiger partial charge in [0.25, 0.3) is 0 Å². The topological polar surface area (TPSA) is 39.4 Å². The molecule has 0 saturated heterocycles. The number of rotatable bonds is 2. The maximum absolute atomic E-state index is 12.4. The first-order valence-electron chi connectivity index (χ1n) is 6.06. The molecule has 0 radical (unpaired) electrons. The molecule has 1 heterocycles. The molecular formula is C16H11BrO3. The number of benzene rings is 2. The first kappa shape index (κ1) is 12.9. The molecule has 3 rings (SSSR count). The highest BCUT2D eigenvalue weighted by molar-refractivity contribution is 9.10. The van der Waals surface area contributed by atoms with E-state index in [9.17, 15) is 4.79 Å². The Hall–Kier alpha value is -2.07. The van der Waals surface area contributed by atoms with Gasteiger partial charge in [-0.05, 0) is 28.1 Å². The van der Waals surface area contributed by atoms with Crippen molar-refractivity contribution >= 4 is 26.9 Å². The van der Waals surface area contributed by atoms with Crippen molar-refractivity contribution in [3.05, 3.63) is 63.2 Å². The van der Waals surface area contributed by atoms with Gasteiger partial charge in [0.2, 0.25) is 5.43 Å². The lowest BCUT2D eigenvalue weighted by atomic mass is 10.1. The van der Waals surface area contributed by atoms with Crippen LogP contribution in [0, 0.1) is 0 Å². The highest BCUT2D eigenvalue weighted by Crippen LogP contribution is 2.30. The molecule has 0 spiro atoms. The Balaban J connectivity index is 2.34. The average molecular weight is 331 g/mol. The van der Waals surface area contributed by atoms with E-state index in [4.69, 9.17) is 9.15 Å². The molecule has 0 aliphatic carbocycles. The zero-order valence-electron chi connectivity index (χ0n) is 10.7. The van der Waals surface area contributed by atoms with Crippen molar-refractivity contribution in [2.75, 3.05) is 7.11 Å². The van der Waals surface area contributed by atoms with E-state index in [1.165, 1.54) is 0 Å². The average Bonchev–Trinajstić information content (AvgIpc) is 2.51. The maximum Gasteiger partial charge on any atom is 0.207 e. The lowest BCUT2D eigenvalue weighted by molar-refractivity contribution is 0.414. The fourth-order valence-electron chi connectivity index (χ4n) is 2.05. The van der Waals surface area contributed by atoms with Gasteiger partial charge in [0, 0.05) is 11.6 Å². The van der Waals surface area contributed by atoms with Crippen LogP contribution in [-0.2, 0) is 0 Å². The van der Waals surface area contributed by atoms with Crippen molar-refractivity contribution in [3.63, 3.8) is 0 Å². The summed E-state index contributed by atoms with van der Waals surface area (Å²) in [6.07, 6.45) is 0. The molecule has 0 fully saturated rings. The first-order chi connectivity index (χ1) is 9.70. The zero-order valence-corrected chi connectivity index (χ0v) is 12.3. The summed E-state index contributed by atoms with van der Waals surface area (Å²) in [6.45, 7) is 0. The quantitative estimate of drug-likeness (QED) is 0.705. The summed E-state index contributed by atoms with van der Waals surface area (Å²) in [7, 11) is 1.58. The van der Waals surface area contributed by atoms with Crippen LogP contribution in [-0.4, -0.2) is 7.11 Å². The molecule has 0 saturated carbocycles. The Labute approximate surface area is 123 Å². The predicted molar refractivity (Wildman–Crippen MR) is 82.2 cm³/mol. The van der Waals surface area contributed by atoms with E-state index in [0.29, 0.717) is 27.0 Å². The molecule has 0 atom stereocenters. The molecular weight excluding hydrogens is 320 g/mol. The molecule has 2 aromatic carbocycles. The van der Waals surface area contributed by atoms with Crippen molar-refractivity contribution in [2.24, 2.45) is 0 Å². The van der Waals surface area contributed by atoms with E-state index in [1.807, 2.05) is 30.3 Å². The van der Waals surface area contributed by atoms with Crippen LogP contribution in [0.2, 0.25) is 0 Å². The van der Waals surface area contributed by atoms with E-state index in [2.05, 4.69) is 15.9 Å². The number of fused-ring (bicyclic) bond motifs is 1. The van der Waals surface area contributed by atoms with Crippen LogP contribution in [0.5, 0.6) is 5.75 Å². The molecule has 20 heavy (non-hydrogen) atoms. The summed E-state index contributed by atoms with van der Waals surface area (Å²) in [6, 6.07) is 14.7. The Kier molecular flexibility index (Phi) is 3.32. The second-order valence-corrected chi connectivity index (χ2v) is 5.10. The summed E-state index contributed by atoms with van der Waals surface area (Å²) in [4.78, 5) is 12.4. The van der Waals surface area contributed by atoms with Crippen LogP contribution in [0.3, 0.4) is 0 Å². The minimum atomic E-state index is -0.0900. The minimum absolute atomic E-state index is 0.0900. The van der Waals surface area contributed by atoms with Crippen molar-refractivity contribution < 1.29 is 9.15 Å². The number of hydrogen-bond acceptors (Lipinski definition) is 3. The Morgan fingerprint density at radius 1 is 1.10 bits per heavy atom. The lowest BCUT2D eigenvalue weighted by Gasteiger charge is -2.07. The van der Waals surface area contributed by atoms with Crippen LogP contribution in [0.15, 0.2) is 62.2 Å². The van der Waals surface area contributed by atoms with E-state index in [1.54, 1.807) is 25.3 Å². The van der Waals surface area contributed by atoms with Crippen molar-refractivity contribution in [2.45, 2.75) is 0 Å². The number of methoxy groups -OCH3 is 1. The molecule has 0 N–H and O–H groups in total. The van der Waals surface area contributed by atoms with Crippen molar-refractivity contribution in [1.82, 2.24) is 0 Å². The van der Waals surface area contributed by atoms with Gasteiger partial charge in [-0.15, -0.1) is 0 Å². The van der Waals surface area contributed by atoms with Crippen LogP contribution >= 0.6 is 15.9 Å². The fourth-order valence-corrected chi connectivity index (χ4v) is 2.58. The molecule has 3 nitrogen and oxygen atoms in total. The highest BCUT2D eigenvalue weighted by Gasteiger charge is 2.14. The molecule has 0 aliphatic rings. The van der Waals surface area contributed by atoms with Crippen LogP contribution in [0.25, 0.3) is 22.3 Å². The summed E-state index contributed by atoms with van der Waals surface area (Å²) < 4.78 is 11.5. The molecule has 100 valence electrons. The summed E-state index contributed by atoms with van der Waals surface area (Å²) in [5.74, 6) is 1.18. The zero-order chi connectivity index (χ0) is 14.1. The third-order valence-corrected chi connectivity index (χ3v) is 3.80. The highest BCUT2D eigenvalue weighted by atomic mass is 79.9. The first-order valence-corrected chi connectivity index (χ1v) is 6.86. The van der Waals surface area contributed by atoms with Gasteiger partial charge in [-0.2, -0.15) is 0 Å². The second-order valence-electron chi connectivity index (χ2n) is 4.30. The van der Waals surface area contributed by atoms with Gasteiger partial charge >= 0.3 is 0 Å². The Morgan fingerprint density at radius 3 is 2.55 bits per heavy atom. The van der Waals surface area contributed by atoms with Gasteiger partial charge < -0.3 is 9.15 Å². The van der Waals surface area contributed by atoms with E-state index >= 15 is 0 Å². The van der Waals surface area contributed by atoms with E-state index in [-0.39, 0.29) is 5.43 Å². The van der Waals surface area contributed by atoms with Gasteiger partial charge in [-0.25, -0.2) is 0 Å². The molecule has 0 bridgehead atoms. The monoisotopic (exact) mass is 330 g/mol. The fraction of sp³-hybridized carbons (Fsp3) is 0.0625. The van der Waals surface area contributed by atoms with Crippen LogP contribution < -0.4 is 10.2 Å². The summed E-state index contributed by atoms with van der Waals surface area (Å²) >= 11 is 3.34. The van der Waals surface area contributed by atoms with E-state index in [0.717, 1.165) is 5.56 Å². The van der Waals surface area contributed by atoms with Crippen LogP contribution in [0.4, 0.5) is 0 Å².